The maximum Gasteiger partial charge on any atom is 0.298 e. The minimum Gasteiger partial charge on any atom is -0.336 e. The molecule has 0 atom stereocenters. The third-order valence-corrected chi connectivity index (χ3v) is 1.70. The summed E-state index contributed by atoms with van der Waals surface area (Å²) >= 11 is 0. The van der Waals surface area contributed by atoms with Gasteiger partial charge in [0.15, 0.2) is 11.2 Å². The number of aromatic amines is 1. The Hall–Kier alpha value is -1.65. The molecular weight excluding hydrogens is 156 g/mol. The number of H-pyrrole nitrogens is 1. The summed E-state index contributed by atoms with van der Waals surface area (Å²) in [7, 11) is 1.80. The second-order valence-electron chi connectivity index (χ2n) is 2.68. The molecule has 62 valence electrons. The van der Waals surface area contributed by atoms with Gasteiger partial charge < -0.3 is 9.55 Å². The van der Waals surface area contributed by atoms with Crippen LogP contribution in [0.5, 0.6) is 0 Å². The highest BCUT2D eigenvalue weighted by Gasteiger charge is 2.04. The van der Waals surface area contributed by atoms with E-state index in [1.165, 1.54) is 6.33 Å². The largest absolute Gasteiger partial charge is 0.336 e. The Morgan fingerprint density at radius 3 is 3.00 bits per heavy atom. The van der Waals surface area contributed by atoms with Gasteiger partial charge >= 0.3 is 0 Å². The van der Waals surface area contributed by atoms with Gasteiger partial charge in [-0.1, -0.05) is 0 Å². The first-order valence-electron chi connectivity index (χ1n) is 3.56. The van der Waals surface area contributed by atoms with Gasteiger partial charge in [-0.15, -0.1) is 0 Å². The van der Waals surface area contributed by atoms with E-state index in [1.54, 1.807) is 18.5 Å². The Morgan fingerprint density at radius 2 is 2.33 bits per heavy atom. The Labute approximate surface area is 68.1 Å². The summed E-state index contributed by atoms with van der Waals surface area (Å²) in [5.74, 6) is 0.728. The zero-order chi connectivity index (χ0) is 8.72. The van der Waals surface area contributed by atoms with Crippen LogP contribution in [0.3, 0.4) is 0 Å². The van der Waals surface area contributed by atoms with Crippen LogP contribution in [-0.4, -0.2) is 19.5 Å². The fourth-order valence-electron chi connectivity index (χ4n) is 1.14. The second kappa shape index (κ2) is 2.17. The summed E-state index contributed by atoms with van der Waals surface area (Å²) < 4.78 is 1.71. The van der Waals surface area contributed by atoms with Gasteiger partial charge in [0, 0.05) is 7.05 Å². The van der Waals surface area contributed by atoms with E-state index in [2.05, 4.69) is 15.0 Å². The van der Waals surface area contributed by atoms with Crippen LogP contribution in [0.2, 0.25) is 0 Å². The molecule has 0 aliphatic rings. The lowest BCUT2D eigenvalue weighted by Gasteiger charge is -1.94. The Kier molecular flexibility index (Phi) is 1.27. The predicted octanol–water partition coefficient (Wildman–Crippen LogP) is -0.0350. The molecule has 0 aromatic carbocycles. The summed E-state index contributed by atoms with van der Waals surface area (Å²) in [6.07, 6.45) is 1.46. The van der Waals surface area contributed by atoms with Crippen molar-refractivity contribution in [3.63, 3.8) is 0 Å². The molecule has 2 rings (SSSR count). The number of hydrogen-bond acceptors (Lipinski definition) is 3. The van der Waals surface area contributed by atoms with Crippen molar-refractivity contribution in [2.45, 2.75) is 6.92 Å². The smallest absolute Gasteiger partial charge is 0.298 e. The molecule has 0 saturated heterocycles. The predicted molar refractivity (Wildman–Crippen MR) is 43.9 cm³/mol. The Morgan fingerprint density at radius 1 is 1.58 bits per heavy atom. The first-order valence-corrected chi connectivity index (χ1v) is 3.56. The number of aromatic nitrogens is 4. The molecule has 0 bridgehead atoms. The van der Waals surface area contributed by atoms with Crippen LogP contribution < -0.4 is 5.56 Å². The lowest BCUT2D eigenvalue weighted by atomic mass is 10.5. The number of imidazole rings is 1. The molecule has 2 heterocycles. The Bertz CT molecular complexity index is 482. The minimum absolute atomic E-state index is 0.260. The molecule has 0 radical (unpaired) electrons. The van der Waals surface area contributed by atoms with Crippen LogP contribution in [0, 0.1) is 6.92 Å². The van der Waals surface area contributed by atoms with E-state index >= 15 is 0 Å². The highest BCUT2D eigenvalue weighted by atomic mass is 16.1. The number of nitrogens with one attached hydrogen (secondary N) is 1. The number of hydrogen-bond donors (Lipinski definition) is 1. The highest BCUT2D eigenvalue weighted by molar-refractivity contribution is 5.69. The topological polar surface area (TPSA) is 63.6 Å². The van der Waals surface area contributed by atoms with Gasteiger partial charge in [-0.25, -0.2) is 4.98 Å². The average Bonchev–Trinajstić information content (AvgIpc) is 2.41. The van der Waals surface area contributed by atoms with E-state index in [1.807, 2.05) is 0 Å². The first kappa shape index (κ1) is 7.02. The molecule has 0 saturated carbocycles. The van der Waals surface area contributed by atoms with Gasteiger partial charge in [-0.2, -0.15) is 4.98 Å². The summed E-state index contributed by atoms with van der Waals surface area (Å²) in [5.41, 5.74) is 0.855. The van der Waals surface area contributed by atoms with Crippen LogP contribution >= 0.6 is 0 Å². The molecule has 0 aliphatic heterocycles. The minimum atomic E-state index is -0.260. The first-order chi connectivity index (χ1) is 5.68. The average molecular weight is 164 g/mol. The molecule has 1 N–H and O–H groups in total. The zero-order valence-electron chi connectivity index (χ0n) is 6.83. The van der Waals surface area contributed by atoms with Gasteiger partial charge in [-0.3, -0.25) is 4.79 Å². The standard InChI is InChI=1S/C7H8N4O/c1-4-9-5-6(10-4)11(2)3-8-7(5)12/h3H,1-2H3,(H,9,10). The van der Waals surface area contributed by atoms with Crippen LogP contribution in [0.4, 0.5) is 0 Å². The molecule has 0 aliphatic carbocycles. The van der Waals surface area contributed by atoms with E-state index in [0.29, 0.717) is 11.2 Å². The van der Waals surface area contributed by atoms with Crippen molar-refractivity contribution in [2.24, 2.45) is 7.05 Å². The summed E-state index contributed by atoms with van der Waals surface area (Å²) in [6.45, 7) is 1.80. The summed E-state index contributed by atoms with van der Waals surface area (Å²) in [5, 5.41) is 0. The SMILES string of the molecule is Cc1nc2c([nH]1)c(=O)ncn2C. The molecule has 0 unspecified atom stereocenters. The number of fused-ring (bicyclic) bond motifs is 1. The lowest BCUT2D eigenvalue weighted by molar-refractivity contribution is 0.887. The van der Waals surface area contributed by atoms with E-state index in [-0.39, 0.29) is 5.56 Å². The van der Waals surface area contributed by atoms with E-state index in [9.17, 15) is 4.79 Å². The van der Waals surface area contributed by atoms with Gasteiger partial charge in [0.1, 0.15) is 12.2 Å². The molecule has 5 nitrogen and oxygen atoms in total. The van der Waals surface area contributed by atoms with Crippen LogP contribution in [0.25, 0.3) is 11.2 Å². The maximum absolute atomic E-state index is 11.1. The Balaban J connectivity index is 3.03. The van der Waals surface area contributed by atoms with E-state index < -0.39 is 0 Å². The van der Waals surface area contributed by atoms with Gasteiger partial charge in [0.25, 0.3) is 5.56 Å². The molecule has 0 spiro atoms. The van der Waals surface area contributed by atoms with E-state index in [4.69, 9.17) is 0 Å². The molecule has 12 heavy (non-hydrogen) atoms. The van der Waals surface area contributed by atoms with Crippen molar-refractivity contribution in [3.05, 3.63) is 22.5 Å². The number of aryl methyl sites for hydroxylation is 2. The third kappa shape index (κ3) is 0.827. The fourth-order valence-corrected chi connectivity index (χ4v) is 1.14. The number of nitrogens with zero attached hydrogens (tertiary/aromatic N) is 3. The lowest BCUT2D eigenvalue weighted by Crippen LogP contribution is -2.09. The summed E-state index contributed by atoms with van der Waals surface area (Å²) in [4.78, 5) is 21.8. The van der Waals surface area contributed by atoms with Gasteiger partial charge in [0.2, 0.25) is 0 Å². The van der Waals surface area contributed by atoms with Crippen LogP contribution in [0.15, 0.2) is 11.1 Å². The normalized spacial score (nSPS) is 10.8. The van der Waals surface area contributed by atoms with Crippen molar-refractivity contribution >= 4 is 11.2 Å². The van der Waals surface area contributed by atoms with Gasteiger partial charge in [-0.05, 0) is 6.92 Å². The van der Waals surface area contributed by atoms with E-state index in [0.717, 1.165) is 5.82 Å². The van der Waals surface area contributed by atoms with Crippen molar-refractivity contribution in [1.29, 1.82) is 0 Å². The second-order valence-corrected chi connectivity index (χ2v) is 2.68. The maximum atomic E-state index is 11.1. The monoisotopic (exact) mass is 164 g/mol. The van der Waals surface area contributed by atoms with Crippen molar-refractivity contribution in [2.75, 3.05) is 0 Å². The van der Waals surface area contributed by atoms with Gasteiger partial charge in [0.05, 0.1) is 0 Å². The van der Waals surface area contributed by atoms with Crippen molar-refractivity contribution in [1.82, 2.24) is 19.5 Å². The van der Waals surface area contributed by atoms with Crippen LogP contribution in [-0.2, 0) is 7.05 Å². The van der Waals surface area contributed by atoms with Crippen molar-refractivity contribution in [3.8, 4) is 0 Å². The zero-order valence-corrected chi connectivity index (χ0v) is 6.83. The molecule has 2 aromatic rings. The van der Waals surface area contributed by atoms with Crippen molar-refractivity contribution < 1.29 is 0 Å². The summed E-state index contributed by atoms with van der Waals surface area (Å²) in [6, 6.07) is 0. The third-order valence-electron chi connectivity index (χ3n) is 1.70. The van der Waals surface area contributed by atoms with Crippen LogP contribution in [0.1, 0.15) is 5.82 Å². The molecule has 0 fully saturated rings. The molecule has 5 heteroatoms. The highest BCUT2D eigenvalue weighted by Crippen LogP contribution is 2.02. The molecule has 0 amide bonds. The quantitative estimate of drug-likeness (QED) is 0.594. The fraction of sp³-hybridized carbons (Fsp3) is 0.286. The molecule has 2 aromatic heterocycles. The molecular formula is C7H8N4O. The number of rotatable bonds is 0.